The van der Waals surface area contributed by atoms with Crippen LogP contribution in [0.15, 0.2) is 24.3 Å². The molecule has 1 aliphatic heterocycles. The first-order chi connectivity index (χ1) is 7.08. The molecule has 1 aliphatic rings. The van der Waals surface area contributed by atoms with E-state index in [0.29, 0.717) is 13.1 Å². The van der Waals surface area contributed by atoms with Gasteiger partial charge >= 0.3 is 0 Å². The number of hydrogen-bond donors (Lipinski definition) is 1. The monoisotopic (exact) mass is 225 g/mol. The molecule has 0 unspecified atom stereocenters. The van der Waals surface area contributed by atoms with E-state index in [9.17, 15) is 8.42 Å². The Kier molecular flexibility index (Phi) is 2.80. The van der Waals surface area contributed by atoms with Gasteiger partial charge in [-0.05, 0) is 12.5 Å². The second kappa shape index (κ2) is 3.94. The molecule has 4 heteroatoms. The third-order valence-electron chi connectivity index (χ3n) is 2.70. The van der Waals surface area contributed by atoms with Crippen molar-refractivity contribution in [1.29, 1.82) is 0 Å². The highest BCUT2D eigenvalue weighted by Crippen LogP contribution is 2.15. The summed E-state index contributed by atoms with van der Waals surface area (Å²) in [6, 6.07) is 7.68. The van der Waals surface area contributed by atoms with Gasteiger partial charge in [0.05, 0.1) is 11.0 Å². The quantitative estimate of drug-likeness (QED) is 0.830. The minimum Gasteiger partial charge on any atom is -0.314 e. The van der Waals surface area contributed by atoms with Crippen LogP contribution in [0.5, 0.6) is 0 Å². The highest BCUT2D eigenvalue weighted by Gasteiger charge is 2.30. The summed E-state index contributed by atoms with van der Waals surface area (Å²) in [6.07, 6.45) is 0. The van der Waals surface area contributed by atoms with E-state index in [4.69, 9.17) is 0 Å². The first-order valence-electron chi connectivity index (χ1n) is 5.06. The first kappa shape index (κ1) is 10.6. The first-order valence-corrected chi connectivity index (χ1v) is 6.77. The molecule has 1 aromatic carbocycles. The highest BCUT2D eigenvalue weighted by molar-refractivity contribution is 7.91. The Labute approximate surface area is 90.4 Å². The molecule has 82 valence electrons. The van der Waals surface area contributed by atoms with Crippen molar-refractivity contribution in [3.05, 3.63) is 35.4 Å². The maximum atomic E-state index is 11.9. The Bertz CT molecular complexity index is 449. The Morgan fingerprint density at radius 2 is 2.13 bits per heavy atom. The van der Waals surface area contributed by atoms with Crippen LogP contribution in [0.1, 0.15) is 11.1 Å². The van der Waals surface area contributed by atoms with Gasteiger partial charge in [0.2, 0.25) is 0 Å². The number of benzene rings is 1. The van der Waals surface area contributed by atoms with Crippen molar-refractivity contribution < 1.29 is 8.42 Å². The van der Waals surface area contributed by atoms with E-state index in [1.165, 1.54) is 0 Å². The molecule has 0 bridgehead atoms. The molecule has 0 saturated carbocycles. The van der Waals surface area contributed by atoms with Crippen molar-refractivity contribution in [2.45, 2.75) is 17.9 Å². The predicted octanol–water partition coefficient (Wildman–Crippen LogP) is 0.882. The zero-order valence-electron chi connectivity index (χ0n) is 8.73. The average Bonchev–Trinajstić information content (AvgIpc) is 1.97. The van der Waals surface area contributed by atoms with Crippen molar-refractivity contribution in [2.24, 2.45) is 0 Å². The molecule has 0 radical (unpaired) electrons. The molecule has 2 rings (SSSR count). The van der Waals surface area contributed by atoms with Crippen LogP contribution in [0.25, 0.3) is 0 Å². The molecule has 0 amide bonds. The molecule has 0 aliphatic carbocycles. The summed E-state index contributed by atoms with van der Waals surface area (Å²) in [4.78, 5) is 0. The summed E-state index contributed by atoms with van der Waals surface area (Å²) in [5.74, 6) is 0.168. The number of hydrogen-bond acceptors (Lipinski definition) is 3. The summed E-state index contributed by atoms with van der Waals surface area (Å²) >= 11 is 0. The van der Waals surface area contributed by atoms with E-state index in [-0.39, 0.29) is 11.0 Å². The van der Waals surface area contributed by atoms with Gasteiger partial charge in [0.25, 0.3) is 0 Å². The van der Waals surface area contributed by atoms with Crippen LogP contribution in [0.2, 0.25) is 0 Å². The minimum absolute atomic E-state index is 0.168. The van der Waals surface area contributed by atoms with Crippen LogP contribution in [-0.2, 0) is 15.6 Å². The van der Waals surface area contributed by atoms with E-state index in [1.807, 2.05) is 31.2 Å². The van der Waals surface area contributed by atoms with Crippen LogP contribution in [0, 0.1) is 6.92 Å². The summed E-state index contributed by atoms with van der Waals surface area (Å²) in [7, 11) is -2.96. The second-order valence-corrected chi connectivity index (χ2v) is 6.36. The van der Waals surface area contributed by atoms with Gasteiger partial charge in [-0.25, -0.2) is 8.42 Å². The van der Waals surface area contributed by atoms with E-state index in [0.717, 1.165) is 11.1 Å². The van der Waals surface area contributed by atoms with Crippen LogP contribution in [0.3, 0.4) is 0 Å². The molecule has 1 aromatic rings. The van der Waals surface area contributed by atoms with E-state index in [1.54, 1.807) is 0 Å². The Hall–Kier alpha value is -0.870. The maximum Gasteiger partial charge on any atom is 0.159 e. The standard InChI is InChI=1S/C11H15NO2S/c1-9-3-2-4-10(5-9)8-15(13,14)11-6-12-7-11/h2-5,11-12H,6-8H2,1H3. The van der Waals surface area contributed by atoms with E-state index >= 15 is 0 Å². The molecular weight excluding hydrogens is 210 g/mol. The SMILES string of the molecule is Cc1cccc(CS(=O)(=O)C2CNC2)c1. The molecule has 1 saturated heterocycles. The third-order valence-corrected chi connectivity index (χ3v) is 4.79. The van der Waals surface area contributed by atoms with Crippen LogP contribution in [-0.4, -0.2) is 26.8 Å². The van der Waals surface area contributed by atoms with Crippen LogP contribution in [0.4, 0.5) is 0 Å². The summed E-state index contributed by atoms with van der Waals surface area (Å²) in [5, 5.41) is 2.80. The zero-order valence-corrected chi connectivity index (χ0v) is 9.55. The van der Waals surface area contributed by atoms with Crippen molar-refractivity contribution in [2.75, 3.05) is 13.1 Å². The smallest absolute Gasteiger partial charge is 0.159 e. The van der Waals surface area contributed by atoms with Crippen molar-refractivity contribution in [1.82, 2.24) is 5.32 Å². The van der Waals surface area contributed by atoms with Crippen molar-refractivity contribution in [3.63, 3.8) is 0 Å². The normalized spacial score (nSPS) is 17.4. The fourth-order valence-electron chi connectivity index (χ4n) is 1.67. The number of rotatable bonds is 3. The summed E-state index contributed by atoms with van der Waals surface area (Å²) < 4.78 is 23.7. The minimum atomic E-state index is -2.96. The molecule has 1 fully saturated rings. The molecule has 1 N–H and O–H groups in total. The van der Waals surface area contributed by atoms with Gasteiger partial charge in [0.1, 0.15) is 0 Å². The Balaban J connectivity index is 2.14. The number of sulfone groups is 1. The Morgan fingerprint density at radius 1 is 1.40 bits per heavy atom. The topological polar surface area (TPSA) is 46.2 Å². The van der Waals surface area contributed by atoms with Crippen molar-refractivity contribution >= 4 is 9.84 Å². The Morgan fingerprint density at radius 3 is 2.67 bits per heavy atom. The van der Waals surface area contributed by atoms with Crippen LogP contribution < -0.4 is 5.32 Å². The largest absolute Gasteiger partial charge is 0.314 e. The lowest BCUT2D eigenvalue weighted by Crippen LogP contribution is -2.51. The fourth-order valence-corrected chi connectivity index (χ4v) is 3.29. The molecule has 0 aromatic heterocycles. The van der Waals surface area contributed by atoms with Crippen molar-refractivity contribution in [3.8, 4) is 0 Å². The lowest BCUT2D eigenvalue weighted by atomic mass is 10.2. The fraction of sp³-hybridized carbons (Fsp3) is 0.455. The third kappa shape index (κ3) is 2.38. The number of aryl methyl sites for hydroxylation is 1. The molecular formula is C11H15NO2S. The average molecular weight is 225 g/mol. The van der Waals surface area contributed by atoms with Gasteiger partial charge in [-0.15, -0.1) is 0 Å². The molecule has 15 heavy (non-hydrogen) atoms. The highest BCUT2D eigenvalue weighted by atomic mass is 32.2. The van der Waals surface area contributed by atoms with Gasteiger partial charge in [-0.1, -0.05) is 29.8 Å². The molecule has 0 spiro atoms. The van der Waals surface area contributed by atoms with E-state index < -0.39 is 9.84 Å². The molecule has 3 nitrogen and oxygen atoms in total. The van der Waals surface area contributed by atoms with Gasteiger partial charge < -0.3 is 5.32 Å². The molecule has 0 atom stereocenters. The zero-order chi connectivity index (χ0) is 10.9. The van der Waals surface area contributed by atoms with Gasteiger partial charge in [0, 0.05) is 13.1 Å². The second-order valence-electron chi connectivity index (χ2n) is 4.08. The lowest BCUT2D eigenvalue weighted by Gasteiger charge is -2.26. The molecule has 1 heterocycles. The maximum absolute atomic E-state index is 11.9. The van der Waals surface area contributed by atoms with Gasteiger partial charge in [-0.2, -0.15) is 0 Å². The lowest BCUT2D eigenvalue weighted by molar-refractivity contribution is 0.495. The predicted molar refractivity (Wildman–Crippen MR) is 60.5 cm³/mol. The summed E-state index contributed by atoms with van der Waals surface area (Å²) in [5.41, 5.74) is 2.00. The van der Waals surface area contributed by atoms with Crippen LogP contribution >= 0.6 is 0 Å². The number of nitrogens with one attached hydrogen (secondary N) is 1. The van der Waals surface area contributed by atoms with Gasteiger partial charge in [0.15, 0.2) is 9.84 Å². The van der Waals surface area contributed by atoms with Gasteiger partial charge in [-0.3, -0.25) is 0 Å². The summed E-state index contributed by atoms with van der Waals surface area (Å²) in [6.45, 7) is 3.18. The van der Waals surface area contributed by atoms with E-state index in [2.05, 4.69) is 5.32 Å².